The molecule has 0 fully saturated rings. The Morgan fingerprint density at radius 3 is 0.620 bits per heavy atom. The lowest BCUT2D eigenvalue weighted by Gasteiger charge is -2.13. The minimum Gasteiger partial charge on any atom is -0.423 e. The van der Waals surface area contributed by atoms with Crippen molar-refractivity contribution in [3.05, 3.63) is 368 Å². The zero-order valence-electron chi connectivity index (χ0n) is 58.1. The maximum Gasteiger partial charge on any atom is 0.488 e. The summed E-state index contributed by atoms with van der Waals surface area (Å²) >= 11 is 3.50. The molecule has 108 heavy (non-hydrogen) atoms. The molecule has 0 aliphatic carbocycles. The van der Waals surface area contributed by atoms with E-state index < -0.39 is 14.2 Å². The molecule has 0 saturated heterocycles. The fourth-order valence-corrected chi connectivity index (χ4v) is 15.1. The van der Waals surface area contributed by atoms with Gasteiger partial charge >= 0.3 is 14.2 Å². The van der Waals surface area contributed by atoms with Gasteiger partial charge in [-0.2, -0.15) is 0 Å². The molecule has 20 rings (SSSR count). The van der Waals surface area contributed by atoms with E-state index in [0.717, 1.165) is 93.8 Å². The molecular weight excluding hydrogens is 1390 g/mol. The molecule has 5 heterocycles. The van der Waals surface area contributed by atoms with Crippen molar-refractivity contribution in [1.82, 2.24) is 33.6 Å². The highest BCUT2D eigenvalue weighted by Gasteiger charge is 2.21. The van der Waals surface area contributed by atoms with Crippen LogP contribution in [-0.4, -0.2) is 68.0 Å². The van der Waals surface area contributed by atoms with Crippen LogP contribution in [0.3, 0.4) is 0 Å². The highest BCUT2D eigenvalue weighted by atomic mass is 79.9. The minimum atomic E-state index is -1.53. The summed E-state index contributed by atoms with van der Waals surface area (Å²) in [7, 11) is -3.07. The van der Waals surface area contributed by atoms with Crippen molar-refractivity contribution >= 4 is 129 Å². The van der Waals surface area contributed by atoms with Crippen molar-refractivity contribution in [2.45, 2.75) is 0 Å². The second kappa shape index (κ2) is 28.7. The van der Waals surface area contributed by atoms with E-state index in [-0.39, 0.29) is 0 Å². The van der Waals surface area contributed by atoms with Gasteiger partial charge in [-0.05, 0) is 142 Å². The third-order valence-corrected chi connectivity index (χ3v) is 20.7. The number of fused-ring (bicyclic) bond motifs is 11. The van der Waals surface area contributed by atoms with E-state index in [9.17, 15) is 20.1 Å². The van der Waals surface area contributed by atoms with Gasteiger partial charge in [0.1, 0.15) is 0 Å². The molecule has 0 aliphatic heterocycles. The van der Waals surface area contributed by atoms with E-state index >= 15 is 0 Å². The summed E-state index contributed by atoms with van der Waals surface area (Å²) in [5, 5.41) is 44.9. The van der Waals surface area contributed by atoms with Gasteiger partial charge in [-0.3, -0.25) is 0 Å². The number of nitrogens with zero attached hydrogens (tertiary/aromatic N) is 7. The predicted octanol–water partition coefficient (Wildman–Crippen LogP) is 20.4. The molecule has 4 N–H and O–H groups in total. The lowest BCUT2D eigenvalue weighted by atomic mass is 9.79. The number of benzene rings is 15. The summed E-state index contributed by atoms with van der Waals surface area (Å²) < 4.78 is 8.13. The van der Waals surface area contributed by atoms with Crippen LogP contribution >= 0.6 is 15.9 Å². The zero-order chi connectivity index (χ0) is 72.8. The first-order valence-corrected chi connectivity index (χ1v) is 36.5. The molecule has 0 aliphatic rings. The summed E-state index contributed by atoms with van der Waals surface area (Å²) in [5.74, 6) is 0. The summed E-state index contributed by atoms with van der Waals surface area (Å²) in [5.41, 5.74) is 26.1. The van der Waals surface area contributed by atoms with E-state index in [1.807, 2.05) is 48.5 Å². The molecule has 512 valence electrons. The Morgan fingerprint density at radius 1 is 0.204 bits per heavy atom. The molecule has 0 unspecified atom stereocenters. The van der Waals surface area contributed by atoms with Gasteiger partial charge in [-0.1, -0.05) is 271 Å². The van der Waals surface area contributed by atoms with E-state index in [0.29, 0.717) is 22.3 Å². The molecule has 0 radical (unpaired) electrons. The number of aromatic nitrogens is 7. The van der Waals surface area contributed by atoms with Gasteiger partial charge < -0.3 is 33.8 Å². The Morgan fingerprint density at radius 2 is 0.389 bits per heavy atom. The molecule has 11 nitrogen and oxygen atoms in total. The molecule has 0 bridgehead atoms. The molecule has 0 amide bonds. The smallest absolute Gasteiger partial charge is 0.423 e. The molecule has 15 aromatic carbocycles. The fraction of sp³-hybridized carbons (Fsp3) is 0. The first-order valence-electron chi connectivity index (χ1n) is 35.7. The average molecular weight is 1460 g/mol. The number of hydrogen-bond donors (Lipinski definition) is 4. The third-order valence-electron chi connectivity index (χ3n) is 20.2. The van der Waals surface area contributed by atoms with E-state index in [1.54, 1.807) is 48.5 Å². The Balaban J connectivity index is 0.000000140. The van der Waals surface area contributed by atoms with Gasteiger partial charge in [0.2, 0.25) is 0 Å². The van der Waals surface area contributed by atoms with E-state index in [2.05, 4.69) is 297 Å². The Labute approximate surface area is 630 Å². The van der Waals surface area contributed by atoms with Crippen LogP contribution in [0.5, 0.6) is 0 Å². The second-order valence-corrected chi connectivity index (χ2v) is 27.6. The van der Waals surface area contributed by atoms with Crippen LogP contribution in [0.25, 0.3) is 172 Å². The molecule has 14 heteroatoms. The standard InChI is InChI=1S/C56H36N4.C20H16B2N2O4.C18H12BrN/c1-7-17-51-45(11-1)46-12-2-8-18-52(46)59(51)43-33-29-39(30-34-43)37-21-25-41(26-22-37)55-56(58-50-16-6-5-15-49(50)57-55)42-27-23-38(24-28-42)40-31-35-44(36-32-40)60-53-19-9-3-13-47(53)48-14-4-10-20-54(48)60;25-21(26)15-9-5-13(6-10-15)19-20(14-7-11-16(12-8-14)22(27)28)24-18-4-2-1-3-17(18)23-19;19-13-9-11-14(12-10-13)20-17-7-3-1-5-15(17)16-6-2-4-8-18(16)20/h1-36H;1-12,25-28H;1-12H. The van der Waals surface area contributed by atoms with Crippen LogP contribution in [0, 0.1) is 0 Å². The third kappa shape index (κ3) is 12.6. The van der Waals surface area contributed by atoms with Crippen LogP contribution in [-0.2, 0) is 0 Å². The van der Waals surface area contributed by atoms with Crippen LogP contribution in [0.1, 0.15) is 0 Å². The zero-order valence-corrected chi connectivity index (χ0v) is 59.7. The van der Waals surface area contributed by atoms with E-state index in [1.165, 1.54) is 71.1 Å². The van der Waals surface area contributed by atoms with Crippen molar-refractivity contribution in [1.29, 1.82) is 0 Å². The van der Waals surface area contributed by atoms with Crippen molar-refractivity contribution in [2.24, 2.45) is 0 Å². The van der Waals surface area contributed by atoms with E-state index in [4.69, 9.17) is 19.9 Å². The number of para-hydroxylation sites is 10. The Bertz CT molecular complexity index is 6240. The predicted molar refractivity (Wildman–Crippen MR) is 449 cm³/mol. The second-order valence-electron chi connectivity index (χ2n) is 26.6. The summed E-state index contributed by atoms with van der Waals surface area (Å²) in [6.45, 7) is 0. The lowest BCUT2D eigenvalue weighted by molar-refractivity contribution is 0.424. The van der Waals surface area contributed by atoms with Crippen LogP contribution in [0.15, 0.2) is 368 Å². The highest BCUT2D eigenvalue weighted by Crippen LogP contribution is 2.39. The van der Waals surface area contributed by atoms with Gasteiger partial charge in [-0.25, -0.2) is 19.9 Å². The molecule has 0 spiro atoms. The molecule has 0 atom stereocenters. The Hall–Kier alpha value is -13.2. The number of halogens is 1. The molecule has 20 aromatic rings. The first kappa shape index (κ1) is 66.8. The molecular formula is C94H64B2BrN7O4. The van der Waals surface area contributed by atoms with Gasteiger partial charge in [0.05, 0.1) is 77.9 Å². The average Bonchev–Trinajstić information content (AvgIpc) is 1.55. The first-order chi connectivity index (χ1) is 53.1. The lowest BCUT2D eigenvalue weighted by Crippen LogP contribution is -2.29. The quantitative estimate of drug-likeness (QED) is 0.0936. The highest BCUT2D eigenvalue weighted by molar-refractivity contribution is 9.10. The van der Waals surface area contributed by atoms with Crippen LogP contribution < -0.4 is 10.9 Å². The van der Waals surface area contributed by atoms with Crippen molar-refractivity contribution in [2.75, 3.05) is 0 Å². The van der Waals surface area contributed by atoms with Gasteiger partial charge in [0, 0.05) is 76.1 Å². The summed E-state index contributed by atoms with van der Waals surface area (Å²) in [6, 6.07) is 125. The Kier molecular flexibility index (Phi) is 17.7. The van der Waals surface area contributed by atoms with Gasteiger partial charge in [-0.15, -0.1) is 0 Å². The number of rotatable bonds is 11. The van der Waals surface area contributed by atoms with Gasteiger partial charge in [0.15, 0.2) is 0 Å². The minimum absolute atomic E-state index is 0.389. The maximum absolute atomic E-state index is 9.32. The largest absolute Gasteiger partial charge is 0.488 e. The molecule has 5 aromatic heterocycles. The summed E-state index contributed by atoms with van der Waals surface area (Å²) in [6.07, 6.45) is 0. The van der Waals surface area contributed by atoms with Crippen molar-refractivity contribution in [3.63, 3.8) is 0 Å². The topological polar surface area (TPSA) is 147 Å². The fourth-order valence-electron chi connectivity index (χ4n) is 14.9. The van der Waals surface area contributed by atoms with Gasteiger partial charge in [0.25, 0.3) is 0 Å². The van der Waals surface area contributed by atoms with Crippen molar-refractivity contribution in [3.8, 4) is 84.3 Å². The maximum atomic E-state index is 9.32. The van der Waals surface area contributed by atoms with Crippen LogP contribution in [0.2, 0.25) is 0 Å². The SMILES string of the molecule is Brc1ccc(-n2c3ccccc3c3ccccc32)cc1.OB(O)c1ccc(-c2nc3ccccc3nc2-c2ccc(B(O)O)cc2)cc1.c1ccc2nc(-c3ccc(-c4ccc(-n5c6ccccc6c6ccccc65)cc4)cc3)c(-c3ccc(-c4ccc(-n5c6ccccc6c6ccccc65)cc4)cc3)nc2c1. The van der Waals surface area contributed by atoms with Crippen molar-refractivity contribution < 1.29 is 20.1 Å². The monoisotopic (exact) mass is 1460 g/mol. The summed E-state index contributed by atoms with van der Waals surface area (Å²) in [4.78, 5) is 19.9. The van der Waals surface area contributed by atoms with Crippen LogP contribution in [0.4, 0.5) is 0 Å². The number of hydrogen-bond acceptors (Lipinski definition) is 8. The molecule has 0 saturated carbocycles. The normalized spacial score (nSPS) is 11.4.